The summed E-state index contributed by atoms with van der Waals surface area (Å²) in [6, 6.07) is 8.34. The van der Waals surface area contributed by atoms with Gasteiger partial charge in [0.15, 0.2) is 0 Å². The van der Waals surface area contributed by atoms with E-state index in [1.54, 1.807) is 0 Å². The lowest BCUT2D eigenvalue weighted by Gasteiger charge is -2.11. The Labute approximate surface area is 84.3 Å². The first-order valence-electron chi connectivity index (χ1n) is 4.50. The molecule has 0 bridgehead atoms. The molecule has 1 aromatic carbocycles. The topological polar surface area (TPSA) is 32.1 Å². The number of rotatable bonds is 4. The summed E-state index contributed by atoms with van der Waals surface area (Å²) < 4.78 is 0. The van der Waals surface area contributed by atoms with Gasteiger partial charge in [0.05, 0.1) is 19.5 Å². The Morgan fingerprint density at radius 3 is 2.46 bits per heavy atom. The first-order valence-corrected chi connectivity index (χ1v) is 5.04. The van der Waals surface area contributed by atoms with Gasteiger partial charge in [-0.15, -0.1) is 11.6 Å². The SMILES string of the molecule is C[NH+](CCCl)Cc1ccc([NH3+])cc1. The van der Waals surface area contributed by atoms with Crippen LogP contribution in [-0.4, -0.2) is 19.5 Å². The van der Waals surface area contributed by atoms with E-state index in [9.17, 15) is 0 Å². The lowest BCUT2D eigenvalue weighted by molar-refractivity contribution is -0.891. The van der Waals surface area contributed by atoms with Crippen molar-refractivity contribution in [3.8, 4) is 0 Å². The highest BCUT2D eigenvalue weighted by Crippen LogP contribution is 2.01. The van der Waals surface area contributed by atoms with Crippen molar-refractivity contribution in [3.05, 3.63) is 29.8 Å². The highest BCUT2D eigenvalue weighted by atomic mass is 35.5. The molecule has 0 amide bonds. The minimum absolute atomic E-state index is 0.721. The van der Waals surface area contributed by atoms with Crippen molar-refractivity contribution in [1.29, 1.82) is 0 Å². The smallest absolute Gasteiger partial charge is 0.127 e. The molecule has 13 heavy (non-hydrogen) atoms. The van der Waals surface area contributed by atoms with Crippen molar-refractivity contribution < 1.29 is 10.6 Å². The molecule has 0 aliphatic rings. The van der Waals surface area contributed by atoms with Gasteiger partial charge in [-0.25, -0.2) is 0 Å². The van der Waals surface area contributed by atoms with E-state index in [1.165, 1.54) is 10.5 Å². The number of hydrogen-bond acceptors (Lipinski definition) is 0. The average Bonchev–Trinajstić information content (AvgIpc) is 2.09. The van der Waals surface area contributed by atoms with Gasteiger partial charge in [-0.05, 0) is 24.3 Å². The van der Waals surface area contributed by atoms with E-state index < -0.39 is 0 Å². The molecule has 0 aromatic heterocycles. The fourth-order valence-electron chi connectivity index (χ4n) is 1.26. The fourth-order valence-corrected chi connectivity index (χ4v) is 1.58. The summed E-state index contributed by atoms with van der Waals surface area (Å²) in [5.41, 5.74) is 6.26. The molecule has 0 heterocycles. The zero-order chi connectivity index (χ0) is 9.68. The van der Waals surface area contributed by atoms with Crippen LogP contribution in [0.1, 0.15) is 5.56 Å². The molecule has 0 radical (unpaired) electrons. The van der Waals surface area contributed by atoms with Gasteiger partial charge in [0.2, 0.25) is 0 Å². The zero-order valence-electron chi connectivity index (χ0n) is 8.02. The van der Waals surface area contributed by atoms with Crippen LogP contribution in [0.4, 0.5) is 5.69 Å². The molecule has 0 saturated carbocycles. The minimum atomic E-state index is 0.721. The molecule has 0 aliphatic heterocycles. The molecule has 0 saturated heterocycles. The van der Waals surface area contributed by atoms with E-state index in [2.05, 4.69) is 24.9 Å². The van der Waals surface area contributed by atoms with E-state index in [-0.39, 0.29) is 0 Å². The van der Waals surface area contributed by atoms with Crippen LogP contribution in [0.2, 0.25) is 0 Å². The normalized spacial score (nSPS) is 12.8. The van der Waals surface area contributed by atoms with Gasteiger partial charge >= 0.3 is 0 Å². The number of benzene rings is 1. The highest BCUT2D eigenvalue weighted by Gasteiger charge is 2.02. The molecule has 72 valence electrons. The summed E-state index contributed by atoms with van der Waals surface area (Å²) in [6.07, 6.45) is 0. The Hall–Kier alpha value is -0.570. The third-order valence-corrected chi connectivity index (χ3v) is 2.24. The second-order valence-corrected chi connectivity index (χ2v) is 3.77. The Bertz CT molecular complexity index is 246. The van der Waals surface area contributed by atoms with Crippen LogP contribution in [-0.2, 0) is 6.54 Å². The third-order valence-electron chi connectivity index (χ3n) is 2.05. The van der Waals surface area contributed by atoms with Crippen molar-refractivity contribution in [3.63, 3.8) is 0 Å². The predicted octanol–water partition coefficient (Wildman–Crippen LogP) is -0.186. The van der Waals surface area contributed by atoms with Gasteiger partial charge in [-0.3, -0.25) is 0 Å². The maximum Gasteiger partial charge on any atom is 0.127 e. The van der Waals surface area contributed by atoms with Crippen molar-refractivity contribution in [1.82, 2.24) is 0 Å². The monoisotopic (exact) mass is 200 g/mol. The fraction of sp³-hybridized carbons (Fsp3) is 0.400. The molecule has 4 N–H and O–H groups in total. The van der Waals surface area contributed by atoms with Gasteiger partial charge in [0.1, 0.15) is 12.2 Å². The number of hydrogen-bond donors (Lipinski definition) is 2. The van der Waals surface area contributed by atoms with Gasteiger partial charge in [-0.1, -0.05) is 0 Å². The average molecular weight is 201 g/mol. The lowest BCUT2D eigenvalue weighted by atomic mass is 10.2. The maximum absolute atomic E-state index is 5.66. The summed E-state index contributed by atoms with van der Waals surface area (Å²) in [4.78, 5) is 1.44. The summed E-state index contributed by atoms with van der Waals surface area (Å²) >= 11 is 5.66. The Balaban J connectivity index is 2.49. The quantitative estimate of drug-likeness (QED) is 0.632. The third kappa shape index (κ3) is 3.77. The molecule has 3 heteroatoms. The molecular weight excluding hydrogens is 184 g/mol. The largest absolute Gasteiger partial charge is 0.333 e. The molecule has 1 rings (SSSR count). The summed E-state index contributed by atoms with van der Waals surface area (Å²) in [7, 11) is 2.15. The Morgan fingerprint density at radius 2 is 1.92 bits per heavy atom. The Morgan fingerprint density at radius 1 is 1.31 bits per heavy atom. The standard InChI is InChI=1S/C10H15ClN2/c1-13(7-6-11)8-9-2-4-10(12)5-3-9/h2-5H,6-8,12H2,1H3/p+2. The summed E-state index contributed by atoms with van der Waals surface area (Å²) in [6.45, 7) is 2.04. The van der Waals surface area contributed by atoms with Crippen LogP contribution in [0, 0.1) is 0 Å². The van der Waals surface area contributed by atoms with E-state index >= 15 is 0 Å². The van der Waals surface area contributed by atoms with E-state index in [0.717, 1.165) is 24.7 Å². The first kappa shape index (κ1) is 10.5. The minimum Gasteiger partial charge on any atom is -0.333 e. The van der Waals surface area contributed by atoms with E-state index in [4.69, 9.17) is 11.6 Å². The first-order chi connectivity index (χ1) is 6.22. The van der Waals surface area contributed by atoms with Crippen LogP contribution in [0.5, 0.6) is 0 Å². The molecule has 2 nitrogen and oxygen atoms in total. The van der Waals surface area contributed by atoms with Crippen LogP contribution in [0.3, 0.4) is 0 Å². The second-order valence-electron chi connectivity index (χ2n) is 3.39. The van der Waals surface area contributed by atoms with E-state index in [1.807, 2.05) is 12.1 Å². The molecule has 0 fully saturated rings. The van der Waals surface area contributed by atoms with Crippen molar-refractivity contribution in [2.75, 3.05) is 19.5 Å². The van der Waals surface area contributed by atoms with E-state index in [0.29, 0.717) is 0 Å². The number of halogens is 1. The van der Waals surface area contributed by atoms with Gasteiger partial charge in [-0.2, -0.15) is 0 Å². The molecule has 1 aromatic rings. The van der Waals surface area contributed by atoms with Crippen LogP contribution < -0.4 is 10.6 Å². The number of nitrogens with one attached hydrogen (secondary N) is 1. The maximum atomic E-state index is 5.66. The molecular formula is C10H17ClN2+2. The van der Waals surface area contributed by atoms with Crippen LogP contribution >= 0.6 is 11.6 Å². The van der Waals surface area contributed by atoms with Gasteiger partial charge in [0, 0.05) is 5.56 Å². The van der Waals surface area contributed by atoms with Gasteiger partial charge < -0.3 is 10.6 Å². The van der Waals surface area contributed by atoms with Crippen LogP contribution in [0.15, 0.2) is 24.3 Å². The predicted molar refractivity (Wildman–Crippen MR) is 55.2 cm³/mol. The molecule has 0 aliphatic carbocycles. The number of quaternary nitrogens is 2. The van der Waals surface area contributed by atoms with Gasteiger partial charge in [0.25, 0.3) is 0 Å². The highest BCUT2D eigenvalue weighted by molar-refractivity contribution is 6.17. The molecule has 1 atom stereocenters. The molecule has 0 spiro atoms. The van der Waals surface area contributed by atoms with Crippen molar-refractivity contribution in [2.24, 2.45) is 0 Å². The summed E-state index contributed by atoms with van der Waals surface area (Å²) in [5.74, 6) is 0.721. The zero-order valence-corrected chi connectivity index (χ0v) is 8.77. The lowest BCUT2D eigenvalue weighted by Crippen LogP contribution is -3.07. The Kier molecular flexibility index (Phi) is 4.22. The molecule has 1 unspecified atom stereocenters. The van der Waals surface area contributed by atoms with Crippen molar-refractivity contribution in [2.45, 2.75) is 6.54 Å². The second kappa shape index (κ2) is 5.22. The van der Waals surface area contributed by atoms with Crippen LogP contribution in [0.25, 0.3) is 0 Å². The van der Waals surface area contributed by atoms with Crippen molar-refractivity contribution >= 4 is 17.3 Å². The summed E-state index contributed by atoms with van der Waals surface area (Å²) in [5, 5.41) is 0. The number of alkyl halides is 1.